The molecule has 0 aromatic carbocycles. The van der Waals surface area contributed by atoms with Crippen LogP contribution in [-0.4, -0.2) is 0 Å². The Hall–Kier alpha value is -0.430. The van der Waals surface area contributed by atoms with Gasteiger partial charge in [0.1, 0.15) is 0 Å². The van der Waals surface area contributed by atoms with E-state index in [1.807, 2.05) is 6.07 Å². The Kier molecular flexibility index (Phi) is 4.23. The number of halogens is 1. The summed E-state index contributed by atoms with van der Waals surface area (Å²) in [5, 5.41) is 0.500. The van der Waals surface area contributed by atoms with Crippen molar-refractivity contribution in [1.82, 2.24) is 0 Å². The lowest BCUT2D eigenvalue weighted by atomic mass is 10.1. The van der Waals surface area contributed by atoms with Crippen molar-refractivity contribution in [2.24, 2.45) is 0 Å². The predicted molar refractivity (Wildman–Crippen MR) is 51.6 cm³/mol. The summed E-state index contributed by atoms with van der Waals surface area (Å²) in [4.78, 5) is 0. The van der Waals surface area contributed by atoms with Gasteiger partial charge in [-0.25, -0.2) is 0 Å². The van der Waals surface area contributed by atoms with Crippen LogP contribution < -0.4 is 0 Å². The first-order chi connectivity index (χ1) is 5.83. The SMILES string of the molecule is CCCCCCc1coc(Cl)c1. The summed E-state index contributed by atoms with van der Waals surface area (Å²) in [6.07, 6.45) is 7.99. The van der Waals surface area contributed by atoms with Gasteiger partial charge in [0, 0.05) is 0 Å². The average Bonchev–Trinajstić information content (AvgIpc) is 2.45. The van der Waals surface area contributed by atoms with Gasteiger partial charge in [-0.2, -0.15) is 0 Å². The first kappa shape index (κ1) is 9.66. The largest absolute Gasteiger partial charge is 0.453 e. The molecule has 0 fully saturated rings. The predicted octanol–water partition coefficient (Wildman–Crippen LogP) is 4.06. The van der Waals surface area contributed by atoms with Crippen LogP contribution >= 0.6 is 11.6 Å². The Labute approximate surface area is 78.7 Å². The quantitative estimate of drug-likeness (QED) is 0.633. The zero-order chi connectivity index (χ0) is 8.81. The maximum Gasteiger partial charge on any atom is 0.193 e. The van der Waals surface area contributed by atoms with E-state index < -0.39 is 0 Å². The second kappa shape index (κ2) is 5.26. The molecule has 1 rings (SSSR count). The van der Waals surface area contributed by atoms with Gasteiger partial charge in [-0.3, -0.25) is 0 Å². The summed E-state index contributed by atoms with van der Waals surface area (Å²) in [6.45, 7) is 2.22. The lowest BCUT2D eigenvalue weighted by Crippen LogP contribution is -1.81. The molecule has 12 heavy (non-hydrogen) atoms. The van der Waals surface area contributed by atoms with Crippen LogP contribution in [0.3, 0.4) is 0 Å². The molecule has 0 aliphatic heterocycles. The van der Waals surface area contributed by atoms with Gasteiger partial charge in [0.15, 0.2) is 5.22 Å². The maximum atomic E-state index is 5.63. The molecule has 0 amide bonds. The number of hydrogen-bond acceptors (Lipinski definition) is 1. The van der Waals surface area contributed by atoms with Crippen molar-refractivity contribution in [2.75, 3.05) is 0 Å². The van der Waals surface area contributed by atoms with Crippen LogP contribution in [0.1, 0.15) is 38.2 Å². The van der Waals surface area contributed by atoms with Crippen molar-refractivity contribution in [3.05, 3.63) is 23.1 Å². The van der Waals surface area contributed by atoms with Crippen LogP contribution in [0.15, 0.2) is 16.7 Å². The lowest BCUT2D eigenvalue weighted by Gasteiger charge is -1.95. The molecule has 1 heterocycles. The summed E-state index contributed by atoms with van der Waals surface area (Å²) in [5.74, 6) is 0. The zero-order valence-corrected chi connectivity index (χ0v) is 8.23. The van der Waals surface area contributed by atoms with E-state index in [-0.39, 0.29) is 0 Å². The highest BCUT2D eigenvalue weighted by Gasteiger charge is 1.97. The van der Waals surface area contributed by atoms with Crippen LogP contribution in [-0.2, 0) is 6.42 Å². The fourth-order valence-electron chi connectivity index (χ4n) is 1.23. The monoisotopic (exact) mass is 186 g/mol. The molecule has 0 aliphatic carbocycles. The van der Waals surface area contributed by atoms with Gasteiger partial charge in [0.2, 0.25) is 0 Å². The molecule has 0 atom stereocenters. The van der Waals surface area contributed by atoms with Gasteiger partial charge < -0.3 is 4.42 Å². The van der Waals surface area contributed by atoms with E-state index in [1.165, 1.54) is 31.2 Å². The minimum atomic E-state index is 0.500. The summed E-state index contributed by atoms with van der Waals surface area (Å²) in [7, 11) is 0. The van der Waals surface area contributed by atoms with E-state index in [0.717, 1.165) is 6.42 Å². The smallest absolute Gasteiger partial charge is 0.193 e. The van der Waals surface area contributed by atoms with Crippen molar-refractivity contribution < 1.29 is 4.42 Å². The summed E-state index contributed by atoms with van der Waals surface area (Å²) in [5.41, 5.74) is 1.22. The van der Waals surface area contributed by atoms with E-state index in [9.17, 15) is 0 Å². The van der Waals surface area contributed by atoms with Crippen molar-refractivity contribution in [3.63, 3.8) is 0 Å². The second-order valence-corrected chi connectivity index (χ2v) is 3.44. The Balaban J connectivity index is 2.15. The molecular weight excluding hydrogens is 172 g/mol. The van der Waals surface area contributed by atoms with Crippen molar-refractivity contribution >= 4 is 11.6 Å². The molecule has 1 nitrogen and oxygen atoms in total. The minimum absolute atomic E-state index is 0.500. The van der Waals surface area contributed by atoms with Gasteiger partial charge in [-0.15, -0.1) is 0 Å². The molecule has 1 aromatic rings. The van der Waals surface area contributed by atoms with Crippen LogP contribution in [0, 0.1) is 0 Å². The zero-order valence-electron chi connectivity index (χ0n) is 7.48. The molecule has 0 N–H and O–H groups in total. The number of rotatable bonds is 5. The van der Waals surface area contributed by atoms with E-state index in [1.54, 1.807) is 6.26 Å². The standard InChI is InChI=1S/C10H15ClO/c1-2-3-4-5-6-9-7-10(11)12-8-9/h7-8H,2-6H2,1H3. The molecule has 1 aromatic heterocycles. The normalized spacial score (nSPS) is 10.5. The van der Waals surface area contributed by atoms with Gasteiger partial charge >= 0.3 is 0 Å². The Morgan fingerprint density at radius 1 is 1.33 bits per heavy atom. The molecule has 0 bridgehead atoms. The third-order valence-corrected chi connectivity index (χ3v) is 2.14. The lowest BCUT2D eigenvalue weighted by molar-refractivity contribution is 0.563. The van der Waals surface area contributed by atoms with Gasteiger partial charge in [0.25, 0.3) is 0 Å². The number of furan rings is 1. The Morgan fingerprint density at radius 2 is 2.17 bits per heavy atom. The minimum Gasteiger partial charge on any atom is -0.453 e. The number of aryl methyl sites for hydroxylation is 1. The molecule has 0 radical (unpaired) electrons. The van der Waals surface area contributed by atoms with Crippen LogP contribution in [0.25, 0.3) is 0 Å². The average molecular weight is 187 g/mol. The van der Waals surface area contributed by atoms with Gasteiger partial charge in [-0.1, -0.05) is 26.2 Å². The first-order valence-electron chi connectivity index (χ1n) is 4.56. The molecule has 0 saturated heterocycles. The summed E-state index contributed by atoms with van der Waals surface area (Å²) < 4.78 is 4.99. The highest BCUT2D eigenvalue weighted by Crippen LogP contribution is 2.15. The van der Waals surface area contributed by atoms with Gasteiger partial charge in [-0.05, 0) is 36.1 Å². The Bertz CT molecular complexity index is 217. The molecule has 0 spiro atoms. The topological polar surface area (TPSA) is 13.1 Å². The van der Waals surface area contributed by atoms with Crippen molar-refractivity contribution in [3.8, 4) is 0 Å². The molecule has 0 aliphatic rings. The molecule has 0 unspecified atom stereocenters. The molecule has 2 heteroatoms. The molecular formula is C10H15ClO. The highest BCUT2D eigenvalue weighted by molar-refractivity contribution is 6.28. The van der Waals surface area contributed by atoms with E-state index >= 15 is 0 Å². The summed E-state index contributed by atoms with van der Waals surface area (Å²) in [6, 6.07) is 1.90. The fraction of sp³-hybridized carbons (Fsp3) is 0.600. The Morgan fingerprint density at radius 3 is 2.75 bits per heavy atom. The van der Waals surface area contributed by atoms with E-state index in [2.05, 4.69) is 6.92 Å². The molecule has 0 saturated carbocycles. The number of unbranched alkanes of at least 4 members (excludes halogenated alkanes) is 3. The van der Waals surface area contributed by atoms with Crippen molar-refractivity contribution in [2.45, 2.75) is 39.0 Å². The van der Waals surface area contributed by atoms with Gasteiger partial charge in [0.05, 0.1) is 6.26 Å². The molecule has 68 valence electrons. The van der Waals surface area contributed by atoms with Crippen LogP contribution in [0.2, 0.25) is 5.22 Å². The summed E-state index contributed by atoms with van der Waals surface area (Å²) >= 11 is 5.63. The fourth-order valence-corrected chi connectivity index (χ4v) is 1.42. The van der Waals surface area contributed by atoms with Crippen LogP contribution in [0.5, 0.6) is 0 Å². The van der Waals surface area contributed by atoms with Crippen LogP contribution in [0.4, 0.5) is 0 Å². The third kappa shape index (κ3) is 3.31. The highest BCUT2D eigenvalue weighted by atomic mass is 35.5. The maximum absolute atomic E-state index is 5.63. The third-order valence-electron chi connectivity index (χ3n) is 1.94. The number of hydrogen-bond donors (Lipinski definition) is 0. The van der Waals surface area contributed by atoms with Crippen molar-refractivity contribution in [1.29, 1.82) is 0 Å². The van der Waals surface area contributed by atoms with E-state index in [4.69, 9.17) is 16.0 Å². The van der Waals surface area contributed by atoms with E-state index in [0.29, 0.717) is 5.22 Å². The first-order valence-corrected chi connectivity index (χ1v) is 4.93. The second-order valence-electron chi connectivity index (χ2n) is 3.07.